The fourth-order valence-electron chi connectivity index (χ4n) is 4.40. The Morgan fingerprint density at radius 1 is 0.903 bits per heavy atom. The zero-order valence-corrected chi connectivity index (χ0v) is 19.4. The summed E-state index contributed by atoms with van der Waals surface area (Å²) in [5, 5.41) is 0. The van der Waals surface area contributed by atoms with Gasteiger partial charge in [0.1, 0.15) is 11.5 Å². The zero-order valence-electron chi connectivity index (χ0n) is 19.4. The monoisotopic (exact) mass is 422 g/mol. The molecule has 0 saturated heterocycles. The maximum Gasteiger partial charge on any atom is 0.343 e. The van der Waals surface area contributed by atoms with Crippen LogP contribution in [0.25, 0.3) is 0 Å². The van der Waals surface area contributed by atoms with Gasteiger partial charge in [-0.25, -0.2) is 4.79 Å². The van der Waals surface area contributed by atoms with Crippen molar-refractivity contribution in [3.8, 4) is 11.5 Å². The average Bonchev–Trinajstić information content (AvgIpc) is 2.80. The molecule has 1 fully saturated rings. The van der Waals surface area contributed by atoms with Crippen molar-refractivity contribution in [3.63, 3.8) is 0 Å². The molecule has 2 aromatic carbocycles. The molecule has 168 valence electrons. The molecule has 0 heterocycles. The lowest BCUT2D eigenvalue weighted by Gasteiger charge is -2.28. The van der Waals surface area contributed by atoms with Gasteiger partial charge in [0.25, 0.3) is 0 Å². The number of esters is 1. The molecule has 1 aliphatic carbocycles. The Bertz CT molecular complexity index is 786. The van der Waals surface area contributed by atoms with Gasteiger partial charge in [0.05, 0.1) is 12.2 Å². The first kappa shape index (κ1) is 23.4. The molecular weight excluding hydrogens is 384 g/mol. The second-order valence-corrected chi connectivity index (χ2v) is 9.26. The molecule has 1 saturated carbocycles. The molecule has 0 bridgehead atoms. The van der Waals surface area contributed by atoms with E-state index in [-0.39, 0.29) is 5.97 Å². The molecule has 0 spiro atoms. The predicted octanol–water partition coefficient (Wildman–Crippen LogP) is 7.48. The molecular formula is C28H38O3. The molecule has 0 radical (unpaired) electrons. The third kappa shape index (κ3) is 7.41. The van der Waals surface area contributed by atoms with Gasteiger partial charge in [-0.1, -0.05) is 65.0 Å². The van der Waals surface area contributed by atoms with E-state index in [0.29, 0.717) is 23.1 Å². The minimum Gasteiger partial charge on any atom is -0.493 e. The summed E-state index contributed by atoms with van der Waals surface area (Å²) in [6.45, 7) is 7.50. The molecule has 0 N–H and O–H groups in total. The Kier molecular flexibility index (Phi) is 8.99. The van der Waals surface area contributed by atoms with E-state index in [2.05, 4.69) is 20.8 Å². The molecule has 31 heavy (non-hydrogen) atoms. The Morgan fingerprint density at radius 2 is 1.52 bits per heavy atom. The first-order valence-electron chi connectivity index (χ1n) is 12.1. The zero-order chi connectivity index (χ0) is 22.1. The van der Waals surface area contributed by atoms with E-state index in [0.717, 1.165) is 31.1 Å². The largest absolute Gasteiger partial charge is 0.493 e. The molecule has 2 aromatic rings. The normalized spacial score (nSPS) is 19.6. The lowest BCUT2D eigenvalue weighted by Crippen LogP contribution is -2.20. The van der Waals surface area contributed by atoms with Crippen molar-refractivity contribution < 1.29 is 14.3 Å². The second-order valence-electron chi connectivity index (χ2n) is 9.26. The second kappa shape index (κ2) is 11.9. The Labute approximate surface area is 188 Å². The highest BCUT2D eigenvalue weighted by Gasteiger charge is 2.21. The summed E-state index contributed by atoms with van der Waals surface area (Å²) < 4.78 is 11.5. The van der Waals surface area contributed by atoms with E-state index in [9.17, 15) is 4.79 Å². The summed E-state index contributed by atoms with van der Waals surface area (Å²) in [5.41, 5.74) is 1.81. The number of carbonyl (C=O) groups is 1. The molecule has 0 amide bonds. The first-order valence-corrected chi connectivity index (χ1v) is 12.1. The number of ether oxygens (including phenoxy) is 2. The van der Waals surface area contributed by atoms with Crippen LogP contribution in [0.15, 0.2) is 48.5 Å². The maximum absolute atomic E-state index is 12.5. The van der Waals surface area contributed by atoms with Crippen LogP contribution in [0.3, 0.4) is 0 Å². The summed E-state index contributed by atoms with van der Waals surface area (Å²) in [7, 11) is 0. The molecule has 3 nitrogen and oxygen atoms in total. The van der Waals surface area contributed by atoms with Crippen molar-refractivity contribution in [1.82, 2.24) is 0 Å². The molecule has 1 atom stereocenters. The molecule has 0 unspecified atom stereocenters. The fourth-order valence-corrected chi connectivity index (χ4v) is 4.40. The topological polar surface area (TPSA) is 35.5 Å². The van der Waals surface area contributed by atoms with Gasteiger partial charge < -0.3 is 9.47 Å². The van der Waals surface area contributed by atoms with Crippen molar-refractivity contribution in [2.45, 2.75) is 72.1 Å². The quantitative estimate of drug-likeness (QED) is 0.294. The van der Waals surface area contributed by atoms with Crippen LogP contribution in [-0.2, 0) is 6.42 Å². The maximum atomic E-state index is 12.5. The van der Waals surface area contributed by atoms with Crippen LogP contribution in [0.4, 0.5) is 0 Å². The van der Waals surface area contributed by atoms with Gasteiger partial charge in [0, 0.05) is 0 Å². The van der Waals surface area contributed by atoms with E-state index in [1.165, 1.54) is 44.1 Å². The third-order valence-corrected chi connectivity index (χ3v) is 6.65. The van der Waals surface area contributed by atoms with Crippen LogP contribution in [0.1, 0.15) is 81.6 Å². The molecule has 3 heteroatoms. The van der Waals surface area contributed by atoms with Crippen LogP contribution in [0.5, 0.6) is 11.5 Å². The Hall–Kier alpha value is -2.29. The third-order valence-electron chi connectivity index (χ3n) is 6.65. The molecule has 1 aliphatic rings. The summed E-state index contributed by atoms with van der Waals surface area (Å²) in [6, 6.07) is 15.1. The molecule has 3 rings (SSSR count). The standard InChI is InChI=1S/C28H38O3/c1-4-6-22-7-9-24(10-8-22)20-30-26-17-13-25(14-18-26)28(29)31-27-15-11-23(12-16-27)19-21(3)5-2/h11-18,21-22,24H,4-10,19-20H2,1-3H3/t21-,22?,24?/m0/s1. The predicted molar refractivity (Wildman–Crippen MR) is 127 cm³/mol. The highest BCUT2D eigenvalue weighted by atomic mass is 16.5. The highest BCUT2D eigenvalue weighted by molar-refractivity contribution is 5.91. The van der Waals surface area contributed by atoms with Crippen molar-refractivity contribution in [3.05, 3.63) is 59.7 Å². The van der Waals surface area contributed by atoms with Crippen molar-refractivity contribution >= 4 is 5.97 Å². The smallest absolute Gasteiger partial charge is 0.343 e. The van der Waals surface area contributed by atoms with Crippen LogP contribution in [-0.4, -0.2) is 12.6 Å². The minimum absolute atomic E-state index is 0.338. The van der Waals surface area contributed by atoms with Gasteiger partial charge >= 0.3 is 5.97 Å². The van der Waals surface area contributed by atoms with Crippen LogP contribution in [0.2, 0.25) is 0 Å². The first-order chi connectivity index (χ1) is 15.1. The summed E-state index contributed by atoms with van der Waals surface area (Å²) >= 11 is 0. The van der Waals surface area contributed by atoms with E-state index < -0.39 is 0 Å². The van der Waals surface area contributed by atoms with Gasteiger partial charge in [-0.3, -0.25) is 0 Å². The summed E-state index contributed by atoms with van der Waals surface area (Å²) in [4.78, 5) is 12.5. The lowest BCUT2D eigenvalue weighted by atomic mass is 9.80. The van der Waals surface area contributed by atoms with E-state index in [1.807, 2.05) is 36.4 Å². The number of carbonyl (C=O) groups excluding carboxylic acids is 1. The molecule has 0 aliphatic heterocycles. The van der Waals surface area contributed by atoms with Gasteiger partial charge in [-0.2, -0.15) is 0 Å². The van der Waals surface area contributed by atoms with Crippen LogP contribution >= 0.6 is 0 Å². The average molecular weight is 423 g/mol. The van der Waals surface area contributed by atoms with E-state index in [4.69, 9.17) is 9.47 Å². The van der Waals surface area contributed by atoms with E-state index in [1.54, 1.807) is 12.1 Å². The number of hydrogen-bond acceptors (Lipinski definition) is 3. The fraction of sp³-hybridized carbons (Fsp3) is 0.536. The van der Waals surface area contributed by atoms with Crippen LogP contribution < -0.4 is 9.47 Å². The number of rotatable bonds is 10. The lowest BCUT2D eigenvalue weighted by molar-refractivity contribution is 0.0734. The SMILES string of the molecule is CCCC1CCC(COc2ccc(C(=O)Oc3ccc(C[C@@H](C)CC)cc3)cc2)CC1. The Morgan fingerprint density at radius 3 is 2.13 bits per heavy atom. The number of hydrogen-bond donors (Lipinski definition) is 0. The van der Waals surface area contributed by atoms with Gasteiger partial charge in [0.2, 0.25) is 0 Å². The van der Waals surface area contributed by atoms with Gasteiger partial charge in [-0.05, 0) is 79.0 Å². The van der Waals surface area contributed by atoms with Crippen LogP contribution in [0, 0.1) is 17.8 Å². The summed E-state index contributed by atoms with van der Waals surface area (Å²) in [6.07, 6.45) is 10.1. The highest BCUT2D eigenvalue weighted by Crippen LogP contribution is 2.32. The Balaban J connectivity index is 1.44. The number of benzene rings is 2. The van der Waals surface area contributed by atoms with Gasteiger partial charge in [-0.15, -0.1) is 0 Å². The molecule has 0 aromatic heterocycles. The van der Waals surface area contributed by atoms with E-state index >= 15 is 0 Å². The van der Waals surface area contributed by atoms with Crippen molar-refractivity contribution in [2.24, 2.45) is 17.8 Å². The van der Waals surface area contributed by atoms with Crippen molar-refractivity contribution in [1.29, 1.82) is 0 Å². The van der Waals surface area contributed by atoms with Gasteiger partial charge in [0.15, 0.2) is 0 Å². The van der Waals surface area contributed by atoms with Crippen molar-refractivity contribution in [2.75, 3.05) is 6.61 Å². The minimum atomic E-state index is -0.338. The summed E-state index contributed by atoms with van der Waals surface area (Å²) in [5.74, 6) is 3.29.